The summed E-state index contributed by atoms with van der Waals surface area (Å²) in [5.41, 5.74) is 0.805. The van der Waals surface area contributed by atoms with Gasteiger partial charge in [-0.2, -0.15) is 0 Å². The molecule has 0 heterocycles. The Kier molecular flexibility index (Phi) is 10.2. The van der Waals surface area contributed by atoms with Gasteiger partial charge in [0, 0.05) is 11.1 Å². The molecule has 0 aromatic rings. The van der Waals surface area contributed by atoms with Crippen molar-refractivity contribution in [3.05, 3.63) is 23.3 Å². The molecule has 0 radical (unpaired) electrons. The van der Waals surface area contributed by atoms with Gasteiger partial charge in [-0.25, -0.2) is 9.59 Å². The molecule has 2 N–H and O–H groups in total. The van der Waals surface area contributed by atoms with Crippen molar-refractivity contribution in [2.24, 2.45) is 0 Å². The SMILES string of the molecule is CC(=CCCC[Si](C)(C)O[Si](C)(C)CCCC=C(C)C(=O)O)C(=O)O. The van der Waals surface area contributed by atoms with Crippen molar-refractivity contribution < 1.29 is 23.9 Å². The number of aliphatic carboxylic acids is 2. The lowest BCUT2D eigenvalue weighted by Crippen LogP contribution is -2.44. The number of carboxylic acid groups (broad SMARTS) is 2. The Bertz CT molecular complexity index is 476. The zero-order chi connectivity index (χ0) is 19.7. The maximum atomic E-state index is 10.8. The van der Waals surface area contributed by atoms with E-state index < -0.39 is 28.6 Å². The molecule has 0 aromatic heterocycles. The number of rotatable bonds is 12. The first kappa shape index (κ1) is 23.8. The normalized spacial score (nSPS) is 13.8. The number of carbonyl (C=O) groups is 2. The number of carboxylic acids is 2. The number of allylic oxidation sites excluding steroid dienone is 2. The Labute approximate surface area is 154 Å². The molecule has 0 spiro atoms. The van der Waals surface area contributed by atoms with Gasteiger partial charge >= 0.3 is 11.9 Å². The monoisotopic (exact) mass is 386 g/mol. The summed E-state index contributed by atoms with van der Waals surface area (Å²) in [5.74, 6) is -1.71. The molecule has 0 saturated heterocycles. The van der Waals surface area contributed by atoms with Crippen LogP contribution in [-0.4, -0.2) is 38.8 Å². The first-order valence-electron chi connectivity index (χ1n) is 8.86. The van der Waals surface area contributed by atoms with Crippen LogP contribution < -0.4 is 0 Å². The van der Waals surface area contributed by atoms with Crippen LogP contribution in [0, 0.1) is 0 Å². The van der Waals surface area contributed by atoms with E-state index in [-0.39, 0.29) is 0 Å². The Morgan fingerprint density at radius 3 is 1.40 bits per heavy atom. The van der Waals surface area contributed by atoms with Gasteiger partial charge in [-0.15, -0.1) is 0 Å². The molecular formula is C18H34O5Si2. The molecule has 144 valence electrons. The minimum atomic E-state index is -1.76. The van der Waals surface area contributed by atoms with Gasteiger partial charge in [0.15, 0.2) is 16.6 Å². The highest BCUT2D eigenvalue weighted by Gasteiger charge is 2.32. The van der Waals surface area contributed by atoms with E-state index in [0.717, 1.165) is 37.8 Å². The lowest BCUT2D eigenvalue weighted by molar-refractivity contribution is -0.133. The number of hydrogen-bond donors (Lipinski definition) is 2. The van der Waals surface area contributed by atoms with Gasteiger partial charge in [0.1, 0.15) is 0 Å². The van der Waals surface area contributed by atoms with Gasteiger partial charge in [-0.1, -0.05) is 25.0 Å². The molecule has 0 fully saturated rings. The molecule has 0 amide bonds. The van der Waals surface area contributed by atoms with Crippen molar-refractivity contribution >= 4 is 28.6 Å². The third kappa shape index (κ3) is 11.9. The van der Waals surface area contributed by atoms with E-state index in [1.165, 1.54) is 0 Å². The van der Waals surface area contributed by atoms with Crippen molar-refractivity contribution in [2.75, 3.05) is 0 Å². The molecule has 0 unspecified atom stereocenters. The van der Waals surface area contributed by atoms with Gasteiger partial charge in [0.05, 0.1) is 0 Å². The smallest absolute Gasteiger partial charge is 0.330 e. The van der Waals surface area contributed by atoms with Crippen molar-refractivity contribution in [3.63, 3.8) is 0 Å². The summed E-state index contributed by atoms with van der Waals surface area (Å²) in [6, 6.07) is 2.04. The van der Waals surface area contributed by atoms with Crippen LogP contribution in [0.5, 0.6) is 0 Å². The van der Waals surface area contributed by atoms with Crippen LogP contribution in [-0.2, 0) is 13.7 Å². The standard InChI is InChI=1S/C18H34O5Si2/c1-15(17(19)20)11-7-9-13-24(3,4)23-25(5,6)14-10-8-12-16(2)18(21)22/h11-12H,7-10,13-14H2,1-6H3,(H,19,20)(H,21,22). The average molecular weight is 387 g/mol. The maximum absolute atomic E-state index is 10.8. The van der Waals surface area contributed by atoms with Gasteiger partial charge in [-0.3, -0.25) is 0 Å². The predicted octanol–water partition coefficient (Wildman–Crippen LogP) is 5.04. The molecule has 0 rings (SSSR count). The second kappa shape index (κ2) is 10.7. The summed E-state index contributed by atoms with van der Waals surface area (Å²) in [6.45, 7) is 12.2. The van der Waals surface area contributed by atoms with Crippen LogP contribution in [0.1, 0.15) is 39.5 Å². The Balaban J connectivity index is 4.32. The predicted molar refractivity (Wildman–Crippen MR) is 107 cm³/mol. The van der Waals surface area contributed by atoms with E-state index in [1.807, 2.05) is 0 Å². The Morgan fingerprint density at radius 2 is 1.12 bits per heavy atom. The Morgan fingerprint density at radius 1 is 0.800 bits per heavy atom. The quantitative estimate of drug-likeness (QED) is 0.279. The molecular weight excluding hydrogens is 352 g/mol. The zero-order valence-corrected chi connectivity index (χ0v) is 18.5. The summed E-state index contributed by atoms with van der Waals surface area (Å²) in [7, 11) is -3.52. The molecule has 7 heteroatoms. The van der Waals surface area contributed by atoms with Gasteiger partial charge in [0.2, 0.25) is 0 Å². The molecule has 0 saturated carbocycles. The number of unbranched alkanes of at least 4 members (excludes halogenated alkanes) is 2. The van der Waals surface area contributed by atoms with Crippen LogP contribution in [0.15, 0.2) is 23.3 Å². The highest BCUT2D eigenvalue weighted by atomic mass is 28.4. The van der Waals surface area contributed by atoms with Crippen molar-refractivity contribution in [2.45, 2.75) is 77.8 Å². The second-order valence-corrected chi connectivity index (χ2v) is 16.6. The van der Waals surface area contributed by atoms with E-state index >= 15 is 0 Å². The maximum Gasteiger partial charge on any atom is 0.330 e. The zero-order valence-electron chi connectivity index (χ0n) is 16.5. The highest BCUT2D eigenvalue weighted by Crippen LogP contribution is 2.25. The molecule has 0 aliphatic rings. The van der Waals surface area contributed by atoms with Gasteiger partial charge in [0.25, 0.3) is 0 Å². The largest absolute Gasteiger partial charge is 0.478 e. The molecule has 0 aromatic carbocycles. The van der Waals surface area contributed by atoms with Crippen molar-refractivity contribution in [1.82, 2.24) is 0 Å². The minimum absolute atomic E-state index is 0.403. The molecule has 0 atom stereocenters. The third-order valence-corrected chi connectivity index (χ3v) is 11.6. The fourth-order valence-electron chi connectivity index (χ4n) is 2.72. The van der Waals surface area contributed by atoms with Gasteiger partial charge in [-0.05, 0) is 65.0 Å². The third-order valence-electron chi connectivity index (χ3n) is 4.09. The van der Waals surface area contributed by atoms with E-state index in [9.17, 15) is 9.59 Å². The summed E-state index contributed by atoms with van der Waals surface area (Å²) in [4.78, 5) is 21.5. The first-order valence-corrected chi connectivity index (χ1v) is 15.1. The van der Waals surface area contributed by atoms with Gasteiger partial charge < -0.3 is 14.3 Å². The fraction of sp³-hybridized carbons (Fsp3) is 0.667. The summed E-state index contributed by atoms with van der Waals surface area (Å²) >= 11 is 0. The lowest BCUT2D eigenvalue weighted by Gasteiger charge is -2.34. The molecule has 0 aliphatic heterocycles. The first-order chi connectivity index (χ1) is 11.4. The van der Waals surface area contributed by atoms with Crippen LogP contribution in [0.4, 0.5) is 0 Å². The van der Waals surface area contributed by atoms with E-state index in [1.54, 1.807) is 26.0 Å². The summed E-state index contributed by atoms with van der Waals surface area (Å²) < 4.78 is 6.54. The van der Waals surface area contributed by atoms with Crippen LogP contribution >= 0.6 is 0 Å². The molecule has 0 bridgehead atoms. The average Bonchev–Trinajstić information content (AvgIpc) is 2.46. The van der Waals surface area contributed by atoms with Crippen LogP contribution in [0.3, 0.4) is 0 Å². The summed E-state index contributed by atoms with van der Waals surface area (Å²) in [6.07, 6.45) is 7.03. The fourth-order valence-corrected chi connectivity index (χ4v) is 11.6. The molecule has 5 nitrogen and oxygen atoms in total. The topological polar surface area (TPSA) is 83.8 Å². The number of hydrogen-bond acceptors (Lipinski definition) is 3. The van der Waals surface area contributed by atoms with Crippen LogP contribution in [0.2, 0.25) is 38.3 Å². The second-order valence-electron chi connectivity index (χ2n) is 7.79. The summed E-state index contributed by atoms with van der Waals surface area (Å²) in [5, 5.41) is 17.7. The van der Waals surface area contributed by atoms with Crippen LogP contribution in [0.25, 0.3) is 0 Å². The lowest BCUT2D eigenvalue weighted by atomic mass is 10.2. The van der Waals surface area contributed by atoms with Crippen molar-refractivity contribution in [3.8, 4) is 0 Å². The highest BCUT2D eigenvalue weighted by molar-refractivity contribution is 6.84. The van der Waals surface area contributed by atoms with E-state index in [2.05, 4.69) is 26.2 Å². The van der Waals surface area contributed by atoms with E-state index in [0.29, 0.717) is 11.1 Å². The van der Waals surface area contributed by atoms with E-state index in [4.69, 9.17) is 14.3 Å². The molecule has 25 heavy (non-hydrogen) atoms. The Hall–Kier alpha value is -1.19. The minimum Gasteiger partial charge on any atom is -0.478 e. The molecule has 0 aliphatic carbocycles. The van der Waals surface area contributed by atoms with Crippen molar-refractivity contribution in [1.29, 1.82) is 0 Å².